The van der Waals surface area contributed by atoms with E-state index in [4.69, 9.17) is 25.5 Å². The van der Waals surface area contributed by atoms with Gasteiger partial charge in [0.2, 0.25) is 0 Å². The van der Waals surface area contributed by atoms with Crippen LogP contribution in [-0.4, -0.2) is 62.8 Å². The van der Waals surface area contributed by atoms with Crippen molar-refractivity contribution in [2.75, 3.05) is 6.61 Å². The fourth-order valence-corrected chi connectivity index (χ4v) is 0.714. The molecule has 0 saturated heterocycles. The molecule has 0 aromatic heterocycles. The Morgan fingerprint density at radius 2 is 1.33 bits per heavy atom. The quantitative estimate of drug-likeness (QED) is 0.119. The molecule has 7 nitrogen and oxygen atoms in total. The number of hydrazone groups is 1. The van der Waals surface area contributed by atoms with Crippen molar-refractivity contribution in [1.29, 1.82) is 0 Å². The van der Waals surface area contributed by atoms with Gasteiger partial charge in [-0.3, -0.25) is 0 Å². The van der Waals surface area contributed by atoms with Crippen molar-refractivity contribution in [3.05, 3.63) is 0 Å². The Labute approximate surface area is 144 Å². The summed E-state index contributed by atoms with van der Waals surface area (Å²) in [7, 11) is 0. The summed E-state index contributed by atoms with van der Waals surface area (Å²) >= 11 is 0. The molecule has 0 aliphatic heterocycles. The molecule has 0 heterocycles. The van der Waals surface area contributed by atoms with Gasteiger partial charge in [-0.1, -0.05) is 0 Å². The van der Waals surface area contributed by atoms with Crippen LogP contribution in [0, 0.1) is 0 Å². The minimum absolute atomic E-state index is 0. The largest absolute Gasteiger partial charge is 4.00 e. The molecule has 0 fully saturated rings. The zero-order valence-corrected chi connectivity index (χ0v) is 14.0. The van der Waals surface area contributed by atoms with Gasteiger partial charge in [0.05, 0.1) is 12.8 Å². The van der Waals surface area contributed by atoms with E-state index < -0.39 is 31.0 Å². The molecule has 0 amide bonds. The fourth-order valence-electron chi connectivity index (χ4n) is 0.714. The van der Waals surface area contributed by atoms with E-state index in [2.05, 4.69) is 10.9 Å². The van der Waals surface area contributed by atoms with Gasteiger partial charge in [-0.2, -0.15) is 5.10 Å². The van der Waals surface area contributed by atoms with Crippen LogP contribution in [0.4, 0.5) is 0 Å². The van der Waals surface area contributed by atoms with Gasteiger partial charge in [-0.15, -0.1) is 0 Å². The van der Waals surface area contributed by atoms with Gasteiger partial charge < -0.3 is 81.0 Å². The van der Waals surface area contributed by atoms with Gasteiger partial charge in [0.1, 0.15) is 24.4 Å². The summed E-state index contributed by atoms with van der Waals surface area (Å²) in [4.78, 5) is 0. The number of rotatable bonds is 5. The minimum Gasteiger partial charge on any atom is -1.00 e. The molecule has 116 valence electrons. The van der Waals surface area contributed by atoms with E-state index in [0.29, 0.717) is 0 Å². The van der Waals surface area contributed by atoms with Crippen LogP contribution < -0.4 is 55.5 Å². The number of nitrogens with zero attached hydrogens (tertiary/aromatic N) is 1. The van der Waals surface area contributed by atoms with Crippen LogP contribution in [0.25, 0.3) is 0 Å². The van der Waals surface area contributed by atoms with E-state index in [9.17, 15) is 0 Å². The van der Waals surface area contributed by atoms with Crippen LogP contribution in [-0.2, 0) is 21.1 Å². The topological polar surface area (TPSA) is 140 Å². The van der Waals surface area contributed by atoms with Crippen LogP contribution >= 0.6 is 0 Å². The van der Waals surface area contributed by atoms with Crippen LogP contribution in [0.2, 0.25) is 0 Å². The molecule has 12 heteroatoms. The Balaban J connectivity index is -0.0000000720. The zero-order valence-electron chi connectivity index (χ0n) is 8.68. The number of hydrogen-bond acceptors (Lipinski definition) is 7. The molecule has 0 unspecified atom stereocenters. The first-order chi connectivity index (χ1) is 6.04. The summed E-state index contributed by atoms with van der Waals surface area (Å²) in [5.74, 6) is 4.68. The average molecular weight is 531 g/mol. The summed E-state index contributed by atoms with van der Waals surface area (Å²) in [6.07, 6.45) is -5.50. The molecule has 4 atom stereocenters. The molecule has 0 aliphatic carbocycles. The Morgan fingerprint density at radius 3 is 1.61 bits per heavy atom. The van der Waals surface area contributed by atoms with Crippen molar-refractivity contribution >= 4 is 6.21 Å². The molecule has 18 heavy (non-hydrogen) atoms. The number of hydrogen-bond donors (Lipinski definition) is 6. The molecular weight excluding hydrogens is 517 g/mol. The van der Waals surface area contributed by atoms with E-state index in [1.54, 1.807) is 0 Å². The number of nitrogens with two attached hydrogens (primary N) is 1. The number of aliphatic hydroxyl groups is 5. The summed E-state index contributed by atoms with van der Waals surface area (Å²) in [5.41, 5.74) is 0. The Bertz CT molecular complexity index is 184. The molecular formula is C6H14Cl4N2O5Pt. The van der Waals surface area contributed by atoms with E-state index in [0.717, 1.165) is 6.21 Å². The normalized spacial score (nSPS) is 15.4. The molecule has 0 bridgehead atoms. The molecule has 0 aromatic carbocycles. The van der Waals surface area contributed by atoms with Gasteiger partial charge in [0, 0.05) is 0 Å². The fraction of sp³-hybridized carbons (Fsp3) is 0.833. The number of aliphatic hydroxyl groups excluding tert-OH is 5. The maximum atomic E-state index is 9.10. The molecule has 0 aromatic rings. The van der Waals surface area contributed by atoms with Gasteiger partial charge in [0.15, 0.2) is 0 Å². The van der Waals surface area contributed by atoms with Crippen LogP contribution in [0.3, 0.4) is 0 Å². The molecule has 0 aliphatic rings. The van der Waals surface area contributed by atoms with Gasteiger partial charge in [-0.25, -0.2) is 0 Å². The first-order valence-corrected chi connectivity index (χ1v) is 3.61. The first-order valence-electron chi connectivity index (χ1n) is 3.61. The maximum absolute atomic E-state index is 9.10. The summed E-state index contributed by atoms with van der Waals surface area (Å²) in [5, 5.41) is 47.4. The second-order valence-corrected chi connectivity index (χ2v) is 2.52. The zero-order chi connectivity index (χ0) is 10.4. The summed E-state index contributed by atoms with van der Waals surface area (Å²) in [6, 6.07) is 0. The van der Waals surface area contributed by atoms with Crippen molar-refractivity contribution in [2.45, 2.75) is 24.4 Å². The van der Waals surface area contributed by atoms with Crippen molar-refractivity contribution in [2.24, 2.45) is 10.9 Å². The smallest absolute Gasteiger partial charge is 1.00 e. The van der Waals surface area contributed by atoms with Gasteiger partial charge >= 0.3 is 21.1 Å². The first kappa shape index (κ1) is 36.5. The standard InChI is InChI=1S/C6H14N2O5.4ClH.Pt/c7-8-1-3(10)5(12)6(13)4(11)2-9;;;;;/h1,3-6,9-13H,2,7H2;4*1H;/q;;;;;+4/p-4/t3-,4+,5+,6-;;;;;/m0...../s1. The molecule has 0 rings (SSSR count). The van der Waals surface area contributed by atoms with Crippen LogP contribution in [0.1, 0.15) is 0 Å². The Kier molecular flexibility index (Phi) is 41.4. The molecule has 0 saturated carbocycles. The Hall–Kier alpha value is 1.12. The third-order valence-electron chi connectivity index (χ3n) is 1.52. The summed E-state index contributed by atoms with van der Waals surface area (Å²) in [6.45, 7) is -0.718. The van der Waals surface area contributed by atoms with E-state index in [1.807, 2.05) is 0 Å². The second-order valence-electron chi connectivity index (χ2n) is 2.52. The Morgan fingerprint density at radius 1 is 0.944 bits per heavy atom. The number of halogens is 4. The maximum Gasteiger partial charge on any atom is 4.00 e. The molecule has 0 spiro atoms. The van der Waals surface area contributed by atoms with E-state index in [1.165, 1.54) is 0 Å². The molecule has 7 N–H and O–H groups in total. The van der Waals surface area contributed by atoms with E-state index >= 15 is 0 Å². The SMILES string of the molecule is NN=C[C@H](O)[C@@H](O)[C@@H](O)[C@H](O)CO.[Cl-].[Cl-].[Cl-].[Cl-].[Pt+4]. The van der Waals surface area contributed by atoms with Crippen molar-refractivity contribution in [3.8, 4) is 0 Å². The van der Waals surface area contributed by atoms with Gasteiger partial charge in [-0.05, 0) is 0 Å². The van der Waals surface area contributed by atoms with Crippen LogP contribution in [0.5, 0.6) is 0 Å². The average Bonchev–Trinajstić information content (AvgIpc) is 2.14. The predicted molar refractivity (Wildman–Crippen MR) is 43.8 cm³/mol. The molecule has 0 radical (unpaired) electrons. The van der Waals surface area contributed by atoms with Crippen molar-refractivity contribution in [3.63, 3.8) is 0 Å². The van der Waals surface area contributed by atoms with Crippen LogP contribution in [0.15, 0.2) is 5.10 Å². The summed E-state index contributed by atoms with van der Waals surface area (Å²) < 4.78 is 0. The van der Waals surface area contributed by atoms with Crippen molar-refractivity contribution in [1.82, 2.24) is 0 Å². The van der Waals surface area contributed by atoms with Crippen molar-refractivity contribution < 1.29 is 96.2 Å². The monoisotopic (exact) mass is 529 g/mol. The minimum atomic E-state index is -1.65. The van der Waals surface area contributed by atoms with E-state index in [-0.39, 0.29) is 70.7 Å². The van der Waals surface area contributed by atoms with Gasteiger partial charge in [0.25, 0.3) is 0 Å². The third kappa shape index (κ3) is 13.5. The third-order valence-corrected chi connectivity index (χ3v) is 1.52. The second kappa shape index (κ2) is 20.4. The predicted octanol–water partition coefficient (Wildman–Crippen LogP) is -15.6.